The van der Waals surface area contributed by atoms with Gasteiger partial charge in [-0.25, -0.2) is 4.79 Å². The van der Waals surface area contributed by atoms with Crippen molar-refractivity contribution in [2.75, 3.05) is 19.8 Å². The Kier molecular flexibility index (Phi) is 6.10. The summed E-state index contributed by atoms with van der Waals surface area (Å²) in [6, 6.07) is 26.6. The van der Waals surface area contributed by atoms with Gasteiger partial charge < -0.3 is 15.2 Å². The molecule has 160 valence electrons. The normalized spacial score (nSPS) is 13.9. The monoisotopic (exact) mass is 415 g/mol. The van der Waals surface area contributed by atoms with Gasteiger partial charge in [-0.15, -0.1) is 0 Å². The molecule has 0 aromatic heterocycles. The van der Waals surface area contributed by atoms with Gasteiger partial charge >= 0.3 is 6.09 Å². The maximum absolute atomic E-state index is 12.6. The largest absolute Gasteiger partial charge is 0.449 e. The lowest BCUT2D eigenvalue weighted by Gasteiger charge is -2.33. The maximum atomic E-state index is 12.6. The number of rotatable bonds is 7. The van der Waals surface area contributed by atoms with Crippen molar-refractivity contribution in [2.45, 2.75) is 25.7 Å². The highest BCUT2D eigenvalue weighted by molar-refractivity contribution is 5.79. The van der Waals surface area contributed by atoms with E-state index >= 15 is 0 Å². The second kappa shape index (κ2) is 8.94. The Morgan fingerprint density at radius 3 is 2.06 bits per heavy atom. The molecule has 0 saturated heterocycles. The van der Waals surface area contributed by atoms with Crippen molar-refractivity contribution in [1.29, 1.82) is 0 Å². The second-order valence-electron chi connectivity index (χ2n) is 8.82. The first-order valence-electron chi connectivity index (χ1n) is 10.8. The van der Waals surface area contributed by atoms with E-state index in [-0.39, 0.29) is 23.9 Å². The van der Waals surface area contributed by atoms with Crippen LogP contribution in [0.1, 0.15) is 42.4 Å². The SMILES string of the molecule is CC(C)(CO)C(CNC(=O)OCC1c2ccccc2-c2ccccc21)c1ccccc1. The maximum Gasteiger partial charge on any atom is 0.407 e. The summed E-state index contributed by atoms with van der Waals surface area (Å²) in [5, 5.41) is 12.8. The third kappa shape index (κ3) is 4.35. The minimum Gasteiger partial charge on any atom is -0.449 e. The number of aliphatic hydroxyl groups excluding tert-OH is 1. The Morgan fingerprint density at radius 1 is 0.935 bits per heavy atom. The van der Waals surface area contributed by atoms with Gasteiger partial charge in [-0.2, -0.15) is 0 Å². The Labute approximate surface area is 183 Å². The predicted molar refractivity (Wildman–Crippen MR) is 123 cm³/mol. The lowest BCUT2D eigenvalue weighted by Crippen LogP contribution is -2.37. The highest BCUT2D eigenvalue weighted by Gasteiger charge is 2.32. The quantitative estimate of drug-likeness (QED) is 0.548. The van der Waals surface area contributed by atoms with E-state index in [2.05, 4.69) is 29.6 Å². The van der Waals surface area contributed by atoms with E-state index in [1.807, 2.05) is 68.4 Å². The lowest BCUT2D eigenvalue weighted by molar-refractivity contribution is 0.119. The number of nitrogens with one attached hydrogen (secondary N) is 1. The fourth-order valence-corrected chi connectivity index (χ4v) is 4.48. The van der Waals surface area contributed by atoms with Crippen LogP contribution in [0.4, 0.5) is 4.79 Å². The van der Waals surface area contributed by atoms with Gasteiger partial charge in [-0.1, -0.05) is 92.7 Å². The molecule has 0 spiro atoms. The molecule has 3 aromatic rings. The Bertz CT molecular complexity index is 1000. The molecule has 1 atom stereocenters. The van der Waals surface area contributed by atoms with Gasteiger partial charge in [0, 0.05) is 25.0 Å². The van der Waals surface area contributed by atoms with E-state index in [0.29, 0.717) is 13.2 Å². The summed E-state index contributed by atoms with van der Waals surface area (Å²) >= 11 is 0. The Morgan fingerprint density at radius 2 is 1.48 bits per heavy atom. The lowest BCUT2D eigenvalue weighted by atomic mass is 9.75. The Hall–Kier alpha value is -3.11. The van der Waals surface area contributed by atoms with Crippen LogP contribution in [0.15, 0.2) is 78.9 Å². The van der Waals surface area contributed by atoms with Crippen molar-refractivity contribution in [1.82, 2.24) is 5.32 Å². The van der Waals surface area contributed by atoms with Gasteiger partial charge in [0.15, 0.2) is 0 Å². The smallest absolute Gasteiger partial charge is 0.407 e. The van der Waals surface area contributed by atoms with Crippen molar-refractivity contribution >= 4 is 6.09 Å². The molecular formula is C27H29NO3. The van der Waals surface area contributed by atoms with Crippen LogP contribution < -0.4 is 5.32 Å². The van der Waals surface area contributed by atoms with Gasteiger partial charge in [0.1, 0.15) is 6.61 Å². The summed E-state index contributed by atoms with van der Waals surface area (Å²) in [4.78, 5) is 12.6. The number of fused-ring (bicyclic) bond motifs is 3. The number of alkyl carbamates (subject to hydrolysis) is 1. The molecule has 1 aliphatic carbocycles. The van der Waals surface area contributed by atoms with Gasteiger partial charge in [0.25, 0.3) is 0 Å². The number of hydrogen-bond donors (Lipinski definition) is 2. The molecule has 0 radical (unpaired) electrons. The van der Waals surface area contributed by atoms with Gasteiger partial charge in [-0.3, -0.25) is 0 Å². The molecule has 0 bridgehead atoms. The van der Waals surface area contributed by atoms with Crippen LogP contribution in [0.5, 0.6) is 0 Å². The van der Waals surface area contributed by atoms with Gasteiger partial charge in [0.05, 0.1) is 0 Å². The average molecular weight is 416 g/mol. The first-order chi connectivity index (χ1) is 15.0. The third-order valence-corrected chi connectivity index (χ3v) is 6.35. The van der Waals surface area contributed by atoms with Crippen molar-refractivity contribution in [3.8, 4) is 11.1 Å². The molecule has 0 saturated carbocycles. The molecule has 1 unspecified atom stereocenters. The number of carbonyl (C=O) groups is 1. The number of benzene rings is 3. The molecule has 1 amide bonds. The average Bonchev–Trinajstić information content (AvgIpc) is 3.12. The van der Waals surface area contributed by atoms with Crippen LogP contribution in [0.25, 0.3) is 11.1 Å². The van der Waals surface area contributed by atoms with Gasteiger partial charge in [-0.05, 0) is 33.2 Å². The molecule has 2 N–H and O–H groups in total. The van der Waals surface area contributed by atoms with Crippen molar-refractivity contribution in [3.63, 3.8) is 0 Å². The molecule has 4 heteroatoms. The van der Waals surface area contributed by atoms with E-state index in [9.17, 15) is 9.90 Å². The van der Waals surface area contributed by atoms with E-state index in [1.165, 1.54) is 22.3 Å². The number of aliphatic hydroxyl groups is 1. The summed E-state index contributed by atoms with van der Waals surface area (Å²) in [5.41, 5.74) is 5.51. The fourth-order valence-electron chi connectivity index (χ4n) is 4.48. The number of carbonyl (C=O) groups excluding carboxylic acids is 1. The van der Waals surface area contributed by atoms with E-state index in [0.717, 1.165) is 5.56 Å². The molecule has 0 fully saturated rings. The number of amides is 1. The zero-order valence-corrected chi connectivity index (χ0v) is 18.0. The number of ether oxygens (including phenoxy) is 1. The fraction of sp³-hybridized carbons (Fsp3) is 0.296. The summed E-state index contributed by atoms with van der Waals surface area (Å²) in [5.74, 6) is 0.0103. The minimum absolute atomic E-state index is 0.0267. The molecule has 0 aliphatic heterocycles. The standard InChI is InChI=1S/C27H29NO3/c1-27(2,18-29)25(19-10-4-3-5-11-19)16-28-26(30)31-17-24-22-14-8-6-12-20(22)21-13-7-9-15-23(21)24/h3-15,24-25,29H,16-18H2,1-2H3,(H,28,30). The molecule has 3 aromatic carbocycles. The van der Waals surface area contributed by atoms with Gasteiger partial charge in [0.2, 0.25) is 0 Å². The van der Waals surface area contributed by atoms with Crippen molar-refractivity contribution in [3.05, 3.63) is 95.6 Å². The van der Waals surface area contributed by atoms with Crippen LogP contribution in [0.3, 0.4) is 0 Å². The van der Waals surface area contributed by atoms with E-state index < -0.39 is 6.09 Å². The predicted octanol–water partition coefficient (Wildman–Crippen LogP) is 5.33. The molecular weight excluding hydrogens is 386 g/mol. The molecule has 4 rings (SSSR count). The van der Waals surface area contributed by atoms with Crippen LogP contribution in [0, 0.1) is 5.41 Å². The topological polar surface area (TPSA) is 58.6 Å². The molecule has 0 heterocycles. The summed E-state index contributed by atoms with van der Waals surface area (Å²) < 4.78 is 5.66. The summed E-state index contributed by atoms with van der Waals surface area (Å²) in [6.45, 7) is 4.72. The summed E-state index contributed by atoms with van der Waals surface area (Å²) in [7, 11) is 0. The third-order valence-electron chi connectivity index (χ3n) is 6.35. The second-order valence-corrected chi connectivity index (χ2v) is 8.82. The first kappa shape index (κ1) is 21.1. The van der Waals surface area contributed by atoms with Crippen LogP contribution >= 0.6 is 0 Å². The molecule has 4 nitrogen and oxygen atoms in total. The zero-order chi connectivity index (χ0) is 21.8. The summed E-state index contributed by atoms with van der Waals surface area (Å²) in [6.07, 6.45) is -0.434. The minimum atomic E-state index is -0.434. The van der Waals surface area contributed by atoms with E-state index in [1.54, 1.807) is 0 Å². The van der Waals surface area contributed by atoms with Crippen molar-refractivity contribution < 1.29 is 14.6 Å². The zero-order valence-electron chi connectivity index (χ0n) is 18.0. The van der Waals surface area contributed by atoms with Crippen LogP contribution in [-0.2, 0) is 4.74 Å². The first-order valence-corrected chi connectivity index (χ1v) is 10.8. The van der Waals surface area contributed by atoms with Crippen molar-refractivity contribution in [2.24, 2.45) is 5.41 Å². The van der Waals surface area contributed by atoms with Crippen LogP contribution in [-0.4, -0.2) is 31.0 Å². The molecule has 1 aliphatic rings. The Balaban J connectivity index is 1.43. The highest BCUT2D eigenvalue weighted by Crippen LogP contribution is 2.44. The highest BCUT2D eigenvalue weighted by atomic mass is 16.5. The number of hydrogen-bond acceptors (Lipinski definition) is 3. The molecule has 31 heavy (non-hydrogen) atoms. The van der Waals surface area contributed by atoms with E-state index in [4.69, 9.17) is 4.74 Å². The van der Waals surface area contributed by atoms with Crippen LogP contribution in [0.2, 0.25) is 0 Å².